The van der Waals surface area contributed by atoms with Gasteiger partial charge in [0.15, 0.2) is 0 Å². The van der Waals surface area contributed by atoms with Crippen LogP contribution < -0.4 is 0 Å². The molecule has 5 heteroatoms. The van der Waals surface area contributed by atoms with Crippen LogP contribution in [0.1, 0.15) is 22.6 Å². The first kappa shape index (κ1) is 15.6. The maximum absolute atomic E-state index is 14.2. The molecule has 23 heavy (non-hydrogen) atoms. The van der Waals surface area contributed by atoms with Gasteiger partial charge in [-0.15, -0.1) is 0 Å². The number of hydrogen-bond donors (Lipinski definition) is 0. The molecule has 0 aromatic heterocycles. The van der Waals surface area contributed by atoms with Gasteiger partial charge in [-0.05, 0) is 24.1 Å². The lowest BCUT2D eigenvalue weighted by atomic mass is 9.93. The fourth-order valence-corrected chi connectivity index (χ4v) is 3.30. The summed E-state index contributed by atoms with van der Waals surface area (Å²) in [4.78, 5) is 13.2. The Morgan fingerprint density at radius 2 is 1.96 bits per heavy atom. The summed E-state index contributed by atoms with van der Waals surface area (Å²) in [6.07, 6.45) is 0. The molecule has 1 heterocycles. The monoisotopic (exact) mass is 314 g/mol. The minimum absolute atomic E-state index is 0.266. The summed E-state index contributed by atoms with van der Waals surface area (Å²) >= 11 is 0. The molecule has 1 aliphatic heterocycles. The third kappa shape index (κ3) is 3.40. The van der Waals surface area contributed by atoms with Crippen LogP contribution >= 0.6 is 0 Å². The second kappa shape index (κ2) is 6.46. The standard InChI is InChI=1S/C18H19FN2O2/c1-13-7-8-17(19)15(9-13)16-11-20(12-18(16)21(22)23)10-14-5-3-2-4-6-14/h2-9,16,18H,10-12H2,1H3/t16-,18+/m1/s1. The lowest BCUT2D eigenvalue weighted by Gasteiger charge is -2.16. The zero-order valence-corrected chi connectivity index (χ0v) is 13.0. The first-order chi connectivity index (χ1) is 11.0. The van der Waals surface area contributed by atoms with E-state index in [4.69, 9.17) is 0 Å². The number of halogens is 1. The topological polar surface area (TPSA) is 46.4 Å². The van der Waals surface area contributed by atoms with Gasteiger partial charge in [0.05, 0.1) is 12.5 Å². The predicted octanol–water partition coefficient (Wildman–Crippen LogP) is 3.38. The zero-order chi connectivity index (χ0) is 16.4. The van der Waals surface area contributed by atoms with Gasteiger partial charge in [-0.3, -0.25) is 15.0 Å². The summed E-state index contributed by atoms with van der Waals surface area (Å²) < 4.78 is 14.2. The van der Waals surface area contributed by atoms with Crippen molar-refractivity contribution in [2.45, 2.75) is 25.4 Å². The smallest absolute Gasteiger partial charge is 0.233 e. The summed E-state index contributed by atoms with van der Waals surface area (Å²) in [7, 11) is 0. The lowest BCUT2D eigenvalue weighted by molar-refractivity contribution is -0.521. The quantitative estimate of drug-likeness (QED) is 0.642. The van der Waals surface area contributed by atoms with E-state index in [0.29, 0.717) is 25.2 Å². The van der Waals surface area contributed by atoms with Gasteiger partial charge in [0, 0.05) is 18.0 Å². The Kier molecular flexibility index (Phi) is 4.39. The van der Waals surface area contributed by atoms with Crippen molar-refractivity contribution in [1.29, 1.82) is 0 Å². The minimum Gasteiger partial charge on any atom is -0.292 e. The van der Waals surface area contributed by atoms with Crippen molar-refractivity contribution in [2.75, 3.05) is 13.1 Å². The number of benzene rings is 2. The Morgan fingerprint density at radius 1 is 1.22 bits per heavy atom. The molecule has 2 aromatic rings. The largest absolute Gasteiger partial charge is 0.292 e. The number of nitrogens with zero attached hydrogens (tertiary/aromatic N) is 2. The highest BCUT2D eigenvalue weighted by Gasteiger charge is 2.42. The van der Waals surface area contributed by atoms with E-state index in [1.54, 1.807) is 12.1 Å². The number of nitro groups is 1. The first-order valence-corrected chi connectivity index (χ1v) is 7.70. The van der Waals surface area contributed by atoms with Crippen molar-refractivity contribution in [3.05, 3.63) is 81.2 Å². The SMILES string of the molecule is Cc1ccc(F)c([C@H]2CN(Cc3ccccc3)C[C@@H]2[N+](=O)[O-])c1. The van der Waals surface area contributed by atoms with Gasteiger partial charge in [-0.2, -0.15) is 0 Å². The third-order valence-electron chi connectivity index (χ3n) is 4.44. The van der Waals surface area contributed by atoms with Crippen LogP contribution in [0.15, 0.2) is 48.5 Å². The van der Waals surface area contributed by atoms with Gasteiger partial charge < -0.3 is 0 Å². The molecule has 3 rings (SSSR count). The zero-order valence-electron chi connectivity index (χ0n) is 13.0. The van der Waals surface area contributed by atoms with E-state index in [1.807, 2.05) is 42.2 Å². The maximum Gasteiger partial charge on any atom is 0.233 e. The highest BCUT2D eigenvalue weighted by Crippen LogP contribution is 2.32. The average molecular weight is 314 g/mol. The molecule has 0 saturated carbocycles. The third-order valence-corrected chi connectivity index (χ3v) is 4.44. The molecule has 0 N–H and O–H groups in total. The summed E-state index contributed by atoms with van der Waals surface area (Å²) in [6.45, 7) is 3.37. The van der Waals surface area contributed by atoms with Crippen LogP contribution in [0.2, 0.25) is 0 Å². The van der Waals surface area contributed by atoms with Crippen LogP contribution in [0.3, 0.4) is 0 Å². The van der Waals surface area contributed by atoms with E-state index in [-0.39, 0.29) is 10.7 Å². The van der Waals surface area contributed by atoms with Crippen molar-refractivity contribution >= 4 is 0 Å². The molecule has 0 aliphatic carbocycles. The second-order valence-corrected chi connectivity index (χ2v) is 6.16. The van der Waals surface area contributed by atoms with Crippen molar-refractivity contribution in [3.8, 4) is 0 Å². The Morgan fingerprint density at radius 3 is 2.65 bits per heavy atom. The fourth-order valence-electron chi connectivity index (χ4n) is 3.30. The van der Waals surface area contributed by atoms with Crippen LogP contribution in [-0.4, -0.2) is 29.0 Å². The minimum atomic E-state index is -0.769. The molecular formula is C18H19FN2O2. The molecular weight excluding hydrogens is 295 g/mol. The molecule has 1 aliphatic rings. The van der Waals surface area contributed by atoms with Gasteiger partial charge in [0.1, 0.15) is 5.82 Å². The van der Waals surface area contributed by atoms with E-state index >= 15 is 0 Å². The van der Waals surface area contributed by atoms with Crippen LogP contribution in [0.5, 0.6) is 0 Å². The highest BCUT2D eigenvalue weighted by atomic mass is 19.1. The van der Waals surface area contributed by atoms with Crippen LogP contribution in [0.4, 0.5) is 4.39 Å². The molecule has 2 atom stereocenters. The van der Waals surface area contributed by atoms with Crippen molar-refractivity contribution in [1.82, 2.24) is 4.90 Å². The number of hydrogen-bond acceptors (Lipinski definition) is 3. The molecule has 0 radical (unpaired) electrons. The van der Waals surface area contributed by atoms with E-state index < -0.39 is 12.0 Å². The van der Waals surface area contributed by atoms with E-state index in [0.717, 1.165) is 11.1 Å². The molecule has 1 fully saturated rings. The van der Waals surface area contributed by atoms with Crippen molar-refractivity contribution < 1.29 is 9.31 Å². The average Bonchev–Trinajstić information content (AvgIpc) is 2.94. The molecule has 0 bridgehead atoms. The Hall–Kier alpha value is -2.27. The normalized spacial score (nSPS) is 21.5. The van der Waals surface area contributed by atoms with Gasteiger partial charge in [-0.1, -0.05) is 48.0 Å². The molecule has 120 valence electrons. The van der Waals surface area contributed by atoms with Crippen molar-refractivity contribution in [3.63, 3.8) is 0 Å². The van der Waals surface area contributed by atoms with E-state index in [1.165, 1.54) is 6.07 Å². The Labute approximate surface area is 134 Å². The summed E-state index contributed by atoms with van der Waals surface area (Å²) in [5.41, 5.74) is 2.49. The predicted molar refractivity (Wildman–Crippen MR) is 86.4 cm³/mol. The van der Waals surface area contributed by atoms with Gasteiger partial charge >= 0.3 is 0 Å². The first-order valence-electron chi connectivity index (χ1n) is 7.70. The molecule has 2 aromatic carbocycles. The second-order valence-electron chi connectivity index (χ2n) is 6.16. The highest BCUT2D eigenvalue weighted by molar-refractivity contribution is 5.29. The fraction of sp³-hybridized carbons (Fsp3) is 0.333. The molecule has 4 nitrogen and oxygen atoms in total. The molecule has 1 saturated heterocycles. The molecule has 0 unspecified atom stereocenters. The Bertz CT molecular complexity index is 705. The summed E-state index contributed by atoms with van der Waals surface area (Å²) in [6, 6.07) is 13.9. The molecule has 0 spiro atoms. The van der Waals surface area contributed by atoms with Gasteiger partial charge in [-0.25, -0.2) is 4.39 Å². The lowest BCUT2D eigenvalue weighted by Crippen LogP contribution is -2.28. The van der Waals surface area contributed by atoms with Gasteiger partial charge in [0.2, 0.25) is 6.04 Å². The van der Waals surface area contributed by atoms with E-state index in [9.17, 15) is 14.5 Å². The maximum atomic E-state index is 14.2. The summed E-state index contributed by atoms with van der Waals surface area (Å²) in [5.74, 6) is -0.761. The Balaban J connectivity index is 1.84. The van der Waals surface area contributed by atoms with Crippen LogP contribution in [-0.2, 0) is 6.54 Å². The molecule has 0 amide bonds. The van der Waals surface area contributed by atoms with Crippen molar-refractivity contribution in [2.24, 2.45) is 0 Å². The number of likely N-dealkylation sites (tertiary alicyclic amines) is 1. The van der Waals surface area contributed by atoms with Crippen LogP contribution in [0, 0.1) is 22.9 Å². The number of aryl methyl sites for hydroxylation is 1. The summed E-state index contributed by atoms with van der Waals surface area (Å²) in [5, 5.41) is 11.4. The van der Waals surface area contributed by atoms with E-state index in [2.05, 4.69) is 0 Å². The van der Waals surface area contributed by atoms with Gasteiger partial charge in [0.25, 0.3) is 0 Å². The number of rotatable bonds is 4. The van der Waals surface area contributed by atoms with Crippen LogP contribution in [0.25, 0.3) is 0 Å².